The van der Waals surface area contributed by atoms with Crippen molar-refractivity contribution in [2.75, 3.05) is 0 Å². The standard InChI is InChI=1S/C12H12I2N2O3/c1-11(2,7-5-6-3-4-8(7)18-6)19-10(17)12(14-16-12)9-13-15-9/h3-5,9,15-16H,1-2H3/q-2. The predicted octanol–water partition coefficient (Wildman–Crippen LogP) is -5.11. The van der Waals surface area contributed by atoms with Crippen LogP contribution < -0.4 is 50.0 Å². The molecule has 2 saturated heterocycles. The average molecular weight is 486 g/mol. The first kappa shape index (κ1) is 12.6. The van der Waals surface area contributed by atoms with Gasteiger partial charge < -0.3 is 0 Å². The summed E-state index contributed by atoms with van der Waals surface area (Å²) in [6.07, 6.45) is 0. The van der Waals surface area contributed by atoms with E-state index in [4.69, 9.17) is 9.15 Å². The molecule has 5 nitrogen and oxygen atoms in total. The summed E-state index contributed by atoms with van der Waals surface area (Å²) in [7, 11) is 0. The van der Waals surface area contributed by atoms with E-state index >= 15 is 0 Å². The van der Waals surface area contributed by atoms with Crippen molar-refractivity contribution in [3.8, 4) is 0 Å². The second-order valence-corrected chi connectivity index (χ2v) is 10.4. The molecule has 0 aliphatic carbocycles. The van der Waals surface area contributed by atoms with Crippen molar-refractivity contribution in [2.45, 2.75) is 27.0 Å². The fourth-order valence-electron chi connectivity index (χ4n) is 2.13. The first-order chi connectivity index (χ1) is 9.01. The Bertz CT molecular complexity index is 646. The molecular weight excluding hydrogens is 474 g/mol. The molecule has 2 unspecified atom stereocenters. The normalized spacial score (nSPS) is 30.5. The van der Waals surface area contributed by atoms with Gasteiger partial charge in [-0.1, -0.05) is 0 Å². The Kier molecular flexibility index (Phi) is 2.62. The van der Waals surface area contributed by atoms with E-state index in [0.717, 1.165) is 16.7 Å². The van der Waals surface area contributed by atoms with Crippen LogP contribution in [0.4, 0.5) is 0 Å². The average Bonchev–Trinajstić information content (AvgIpc) is 3.25. The van der Waals surface area contributed by atoms with E-state index in [2.05, 4.69) is 7.06 Å². The monoisotopic (exact) mass is 486 g/mol. The molecule has 0 aromatic carbocycles. The number of furan rings is 2. The van der Waals surface area contributed by atoms with Gasteiger partial charge >= 0.3 is 132 Å². The van der Waals surface area contributed by atoms with Gasteiger partial charge in [0.25, 0.3) is 0 Å². The van der Waals surface area contributed by atoms with Gasteiger partial charge in [0.1, 0.15) is 0 Å². The van der Waals surface area contributed by atoms with Crippen LogP contribution in [-0.4, -0.2) is 13.6 Å². The molecule has 0 saturated carbocycles. The first-order valence-electron chi connectivity index (χ1n) is 5.87. The molecule has 19 heavy (non-hydrogen) atoms. The van der Waals surface area contributed by atoms with E-state index in [1.165, 1.54) is 0 Å². The minimum absolute atomic E-state index is 0.00863. The fraction of sp³-hybridized carbons (Fsp3) is 0.417. The molecule has 2 aliphatic heterocycles. The summed E-state index contributed by atoms with van der Waals surface area (Å²) in [6, 6.07) is 5.80. The van der Waals surface area contributed by atoms with Gasteiger partial charge in [-0.2, -0.15) is 0 Å². The molecule has 4 heterocycles. The molecule has 0 spiro atoms. The number of fused-ring (bicyclic) bond motifs is 2. The molecule has 4 rings (SSSR count). The number of benzene rings is 1. The summed E-state index contributed by atoms with van der Waals surface area (Å²) in [5.41, 5.74) is 1.94. The quantitative estimate of drug-likeness (QED) is 0.113. The minimum atomic E-state index is -0.646. The molecule has 2 bridgehead atoms. The SMILES string of the molecule is CC(C)(OC(=O)C1(C2N[I-]2)N[I-]1)c1cc2ccc1o2. The van der Waals surface area contributed by atoms with E-state index in [1.807, 2.05) is 32.0 Å². The molecule has 2 N–H and O–H groups in total. The van der Waals surface area contributed by atoms with Crippen LogP contribution in [0.1, 0.15) is 19.4 Å². The van der Waals surface area contributed by atoms with Crippen LogP contribution in [-0.2, 0) is 15.1 Å². The second kappa shape index (κ2) is 3.95. The number of nitrogens with one attached hydrogen (secondary N) is 2. The number of hydrogen-bond acceptors (Lipinski definition) is 5. The first-order valence-corrected chi connectivity index (χ1v) is 10.4. The molecule has 0 radical (unpaired) electrons. The van der Waals surface area contributed by atoms with Crippen molar-refractivity contribution in [3.05, 3.63) is 23.8 Å². The number of ether oxygens (including phenoxy) is 1. The molecule has 2 atom stereocenters. The van der Waals surface area contributed by atoms with Gasteiger partial charge in [-0.25, -0.2) is 0 Å². The van der Waals surface area contributed by atoms with Crippen molar-refractivity contribution in [2.24, 2.45) is 0 Å². The van der Waals surface area contributed by atoms with Gasteiger partial charge in [0, 0.05) is 0 Å². The van der Waals surface area contributed by atoms with E-state index < -0.39 is 5.60 Å². The Labute approximate surface area is 131 Å². The molecule has 2 aromatic heterocycles. The van der Waals surface area contributed by atoms with Gasteiger partial charge in [0.05, 0.1) is 0 Å². The third-order valence-electron chi connectivity index (χ3n) is 3.34. The van der Waals surface area contributed by atoms with E-state index in [-0.39, 0.29) is 52.5 Å². The third kappa shape index (κ3) is 1.96. The summed E-state index contributed by atoms with van der Waals surface area (Å²) in [4.78, 5) is 12.4. The topological polar surface area (TPSA) is 83.3 Å². The maximum absolute atomic E-state index is 12.4. The number of hydrogen-bond donors (Lipinski definition) is 2. The molecule has 2 aliphatic rings. The predicted molar refractivity (Wildman–Crippen MR) is 59.3 cm³/mol. The number of halogens is 2. The van der Waals surface area contributed by atoms with Crippen LogP contribution in [0.15, 0.2) is 22.6 Å². The van der Waals surface area contributed by atoms with E-state index in [0.29, 0.717) is 4.05 Å². The van der Waals surface area contributed by atoms with Gasteiger partial charge in [-0.15, -0.1) is 0 Å². The molecular formula is C12H12I2N2O3-2. The van der Waals surface area contributed by atoms with Crippen LogP contribution in [0.5, 0.6) is 0 Å². The summed E-state index contributed by atoms with van der Waals surface area (Å²) in [6.45, 7) is 3.85. The van der Waals surface area contributed by atoms with Crippen molar-refractivity contribution in [3.63, 3.8) is 0 Å². The van der Waals surface area contributed by atoms with E-state index in [9.17, 15) is 4.79 Å². The van der Waals surface area contributed by atoms with Crippen molar-refractivity contribution in [1.29, 1.82) is 0 Å². The van der Waals surface area contributed by atoms with Gasteiger partial charge in [0.15, 0.2) is 0 Å². The maximum atomic E-state index is 12.4. The summed E-state index contributed by atoms with van der Waals surface area (Å²) < 4.78 is 18.0. The zero-order chi connectivity index (χ0) is 13.3. The summed E-state index contributed by atoms with van der Waals surface area (Å²) in [5.74, 6) is -0.0988. The number of alkyl halides is 2. The third-order valence-corrected chi connectivity index (χ3v) is 9.47. The van der Waals surface area contributed by atoms with Crippen LogP contribution >= 0.6 is 0 Å². The summed E-state index contributed by atoms with van der Waals surface area (Å²) in [5, 5.41) is 0. The molecule has 2 fully saturated rings. The Hall–Kier alpha value is -0.130. The van der Waals surface area contributed by atoms with Gasteiger partial charge in [-0.05, 0) is 0 Å². The van der Waals surface area contributed by atoms with Crippen molar-refractivity contribution in [1.82, 2.24) is 7.06 Å². The molecule has 0 amide bonds. The zero-order valence-corrected chi connectivity index (χ0v) is 14.6. The number of carbonyl (C=O) groups is 1. The van der Waals surface area contributed by atoms with Crippen LogP contribution in [0.3, 0.4) is 0 Å². The molecule has 2 aromatic rings. The van der Waals surface area contributed by atoms with Gasteiger partial charge in [0.2, 0.25) is 0 Å². The van der Waals surface area contributed by atoms with Crippen LogP contribution in [0.2, 0.25) is 0 Å². The number of rotatable bonds is 4. The number of carbonyl (C=O) groups excluding carboxylic acids is 1. The van der Waals surface area contributed by atoms with Crippen LogP contribution in [0, 0.1) is 0 Å². The summed E-state index contributed by atoms with van der Waals surface area (Å²) >= 11 is -0.233. The molecule has 7 heteroatoms. The zero-order valence-electron chi connectivity index (χ0n) is 10.3. The van der Waals surface area contributed by atoms with Gasteiger partial charge in [-0.3, -0.25) is 0 Å². The van der Waals surface area contributed by atoms with Crippen molar-refractivity contribution < 1.29 is 56.9 Å². The Balaban J connectivity index is 1.58. The van der Waals surface area contributed by atoms with Crippen molar-refractivity contribution >= 4 is 17.1 Å². The Morgan fingerprint density at radius 3 is 2.74 bits per heavy atom. The second-order valence-electron chi connectivity index (χ2n) is 5.14. The Morgan fingerprint density at radius 1 is 1.53 bits per heavy atom. The number of esters is 1. The molecule has 104 valence electrons. The van der Waals surface area contributed by atoms with Crippen LogP contribution in [0.25, 0.3) is 11.2 Å². The van der Waals surface area contributed by atoms with E-state index in [1.54, 1.807) is 0 Å². The Morgan fingerprint density at radius 2 is 2.26 bits per heavy atom. The fourth-order valence-corrected chi connectivity index (χ4v) is 7.97.